The summed E-state index contributed by atoms with van der Waals surface area (Å²) in [4.78, 5) is 13.8. The number of hydrogen-bond acceptors (Lipinski definition) is 3. The number of nitrogens with zero attached hydrogens (tertiary/aromatic N) is 1. The second-order valence-corrected chi connectivity index (χ2v) is 6.33. The molecule has 124 valence electrons. The molecule has 0 amide bonds. The first kappa shape index (κ1) is 16.3. The van der Waals surface area contributed by atoms with Crippen molar-refractivity contribution in [1.29, 1.82) is 0 Å². The van der Waals surface area contributed by atoms with Gasteiger partial charge in [-0.25, -0.2) is 4.79 Å². The fourth-order valence-corrected chi connectivity index (χ4v) is 3.32. The van der Waals surface area contributed by atoms with Gasteiger partial charge in [-0.2, -0.15) is 0 Å². The topological polar surface area (TPSA) is 29.5 Å². The lowest BCUT2D eigenvalue weighted by molar-refractivity contribution is -0.134. The maximum absolute atomic E-state index is 11.7. The van der Waals surface area contributed by atoms with Crippen LogP contribution in [0.4, 0.5) is 5.69 Å². The van der Waals surface area contributed by atoms with Crippen LogP contribution in [-0.2, 0) is 16.0 Å². The predicted octanol–water partition coefficient (Wildman–Crippen LogP) is 4.31. The molecule has 0 unspecified atom stereocenters. The van der Waals surface area contributed by atoms with Crippen molar-refractivity contribution >= 4 is 17.2 Å². The number of esters is 1. The number of aryl methyl sites for hydroxylation is 1. The highest BCUT2D eigenvalue weighted by Crippen LogP contribution is 2.36. The zero-order valence-corrected chi connectivity index (χ0v) is 14.5. The molecule has 1 aliphatic carbocycles. The average molecular weight is 321 g/mol. The third kappa shape index (κ3) is 3.21. The van der Waals surface area contributed by atoms with E-state index in [1.165, 1.54) is 35.1 Å². The van der Waals surface area contributed by atoms with Crippen LogP contribution in [0.5, 0.6) is 0 Å². The molecule has 24 heavy (non-hydrogen) atoms. The van der Waals surface area contributed by atoms with Crippen molar-refractivity contribution in [2.75, 3.05) is 26.1 Å². The number of para-hydroxylation sites is 1. The molecule has 0 spiro atoms. The summed E-state index contributed by atoms with van der Waals surface area (Å²) < 4.78 is 4.81. The number of anilines is 1. The molecule has 0 heterocycles. The molecule has 0 aliphatic heterocycles. The summed E-state index contributed by atoms with van der Waals surface area (Å²) in [5.41, 5.74) is 7.13. The number of fused-ring (bicyclic) bond motifs is 1. The number of carbonyl (C=O) groups is 1. The molecule has 3 heteroatoms. The van der Waals surface area contributed by atoms with Crippen molar-refractivity contribution in [1.82, 2.24) is 0 Å². The molecule has 0 bridgehead atoms. The SMILES string of the molecule is COC(=O)/C=C1\CCCc2ccc(-c3ccccc3N(C)C)cc21. The Balaban J connectivity index is 2.10. The Morgan fingerprint density at radius 1 is 1.08 bits per heavy atom. The Bertz CT molecular complexity index is 790. The Morgan fingerprint density at radius 2 is 1.88 bits per heavy atom. The van der Waals surface area contributed by atoms with Gasteiger partial charge in [0, 0.05) is 31.4 Å². The monoisotopic (exact) mass is 321 g/mol. The van der Waals surface area contributed by atoms with E-state index in [2.05, 4.69) is 61.5 Å². The minimum absolute atomic E-state index is 0.281. The van der Waals surface area contributed by atoms with Crippen molar-refractivity contribution in [2.45, 2.75) is 19.3 Å². The minimum Gasteiger partial charge on any atom is -0.466 e. The molecular weight excluding hydrogens is 298 g/mol. The van der Waals surface area contributed by atoms with E-state index in [1.807, 2.05) is 0 Å². The summed E-state index contributed by atoms with van der Waals surface area (Å²) in [5.74, 6) is -0.281. The molecule has 1 aliphatic rings. The van der Waals surface area contributed by atoms with Gasteiger partial charge in [0.1, 0.15) is 0 Å². The summed E-state index contributed by atoms with van der Waals surface area (Å²) in [7, 11) is 5.53. The number of carbonyl (C=O) groups excluding carboxylic acids is 1. The van der Waals surface area contributed by atoms with Gasteiger partial charge in [-0.05, 0) is 53.7 Å². The molecule has 0 N–H and O–H groups in total. The molecule has 2 aromatic carbocycles. The molecule has 2 aromatic rings. The van der Waals surface area contributed by atoms with Crippen LogP contribution in [0, 0.1) is 0 Å². The normalized spacial score (nSPS) is 15.0. The van der Waals surface area contributed by atoms with E-state index in [0.717, 1.165) is 24.8 Å². The Labute approximate surface area is 143 Å². The lowest BCUT2D eigenvalue weighted by atomic mass is 9.85. The van der Waals surface area contributed by atoms with Crippen molar-refractivity contribution in [2.24, 2.45) is 0 Å². The molecule has 0 saturated carbocycles. The summed E-state index contributed by atoms with van der Waals surface area (Å²) >= 11 is 0. The second kappa shape index (κ2) is 6.91. The van der Waals surface area contributed by atoms with Gasteiger partial charge in [-0.1, -0.05) is 30.3 Å². The summed E-state index contributed by atoms with van der Waals surface area (Å²) in [6, 6.07) is 15.0. The first-order valence-electron chi connectivity index (χ1n) is 8.28. The quantitative estimate of drug-likeness (QED) is 0.623. The number of allylic oxidation sites excluding steroid dienone is 1. The number of ether oxygens (including phenoxy) is 1. The predicted molar refractivity (Wildman–Crippen MR) is 99.1 cm³/mol. The van der Waals surface area contributed by atoms with Crippen LogP contribution in [-0.4, -0.2) is 27.2 Å². The van der Waals surface area contributed by atoms with Crippen molar-refractivity contribution in [3.63, 3.8) is 0 Å². The molecule has 0 atom stereocenters. The van der Waals surface area contributed by atoms with E-state index in [4.69, 9.17) is 4.74 Å². The first-order chi connectivity index (χ1) is 11.6. The van der Waals surface area contributed by atoms with Gasteiger partial charge in [0.2, 0.25) is 0 Å². The van der Waals surface area contributed by atoms with Crippen LogP contribution < -0.4 is 4.90 Å². The smallest absolute Gasteiger partial charge is 0.330 e. The third-order valence-corrected chi connectivity index (χ3v) is 4.54. The minimum atomic E-state index is -0.281. The van der Waals surface area contributed by atoms with E-state index < -0.39 is 0 Å². The molecule has 0 fully saturated rings. The standard InChI is InChI=1S/C21H23NO2/c1-22(2)20-10-5-4-9-18(20)17-12-11-15-7-6-8-16(19(15)13-17)14-21(23)24-3/h4-5,9-14H,6-8H2,1-3H3/b16-14+. The summed E-state index contributed by atoms with van der Waals surface area (Å²) in [6.45, 7) is 0. The fourth-order valence-electron chi connectivity index (χ4n) is 3.32. The zero-order valence-electron chi connectivity index (χ0n) is 14.5. The highest BCUT2D eigenvalue weighted by molar-refractivity contribution is 5.93. The molecule has 0 aromatic heterocycles. The van der Waals surface area contributed by atoms with Crippen LogP contribution in [0.25, 0.3) is 16.7 Å². The van der Waals surface area contributed by atoms with Crippen molar-refractivity contribution < 1.29 is 9.53 Å². The van der Waals surface area contributed by atoms with Crippen molar-refractivity contribution in [3.05, 3.63) is 59.7 Å². The van der Waals surface area contributed by atoms with Crippen LogP contribution in [0.15, 0.2) is 48.5 Å². The first-order valence-corrected chi connectivity index (χ1v) is 8.28. The van der Waals surface area contributed by atoms with Crippen molar-refractivity contribution in [3.8, 4) is 11.1 Å². The molecule has 0 radical (unpaired) electrons. The molecular formula is C21H23NO2. The average Bonchev–Trinajstić information content (AvgIpc) is 2.61. The van der Waals surface area contributed by atoms with Gasteiger partial charge in [-0.15, -0.1) is 0 Å². The van der Waals surface area contributed by atoms with Gasteiger partial charge in [0.05, 0.1) is 7.11 Å². The van der Waals surface area contributed by atoms with E-state index in [0.29, 0.717) is 0 Å². The van der Waals surface area contributed by atoms with E-state index in [9.17, 15) is 4.79 Å². The largest absolute Gasteiger partial charge is 0.466 e. The number of hydrogen-bond donors (Lipinski definition) is 0. The van der Waals surface area contributed by atoms with Crippen LogP contribution in [0.2, 0.25) is 0 Å². The summed E-state index contributed by atoms with van der Waals surface area (Å²) in [6.07, 6.45) is 4.69. The molecule has 3 rings (SSSR count). The van der Waals surface area contributed by atoms with Crippen LogP contribution in [0.1, 0.15) is 24.0 Å². The highest BCUT2D eigenvalue weighted by Gasteiger charge is 2.17. The van der Waals surface area contributed by atoms with Crippen LogP contribution >= 0.6 is 0 Å². The zero-order chi connectivity index (χ0) is 17.1. The van der Waals surface area contributed by atoms with Gasteiger partial charge < -0.3 is 9.64 Å². The van der Waals surface area contributed by atoms with E-state index >= 15 is 0 Å². The number of methoxy groups -OCH3 is 1. The Hall–Kier alpha value is -2.55. The molecule has 3 nitrogen and oxygen atoms in total. The van der Waals surface area contributed by atoms with Gasteiger partial charge in [0.15, 0.2) is 0 Å². The van der Waals surface area contributed by atoms with Gasteiger partial charge in [0.25, 0.3) is 0 Å². The maximum atomic E-state index is 11.7. The third-order valence-electron chi connectivity index (χ3n) is 4.54. The lowest BCUT2D eigenvalue weighted by Gasteiger charge is -2.22. The van der Waals surface area contributed by atoms with Crippen LogP contribution in [0.3, 0.4) is 0 Å². The molecule has 0 saturated heterocycles. The highest BCUT2D eigenvalue weighted by atomic mass is 16.5. The fraction of sp³-hybridized carbons (Fsp3) is 0.286. The Morgan fingerprint density at radius 3 is 2.62 bits per heavy atom. The van der Waals surface area contributed by atoms with E-state index in [1.54, 1.807) is 6.08 Å². The number of rotatable bonds is 3. The number of benzene rings is 2. The lowest BCUT2D eigenvalue weighted by Crippen LogP contribution is -2.10. The van der Waals surface area contributed by atoms with E-state index in [-0.39, 0.29) is 5.97 Å². The van der Waals surface area contributed by atoms with Gasteiger partial charge >= 0.3 is 5.97 Å². The van der Waals surface area contributed by atoms with Gasteiger partial charge in [-0.3, -0.25) is 0 Å². The maximum Gasteiger partial charge on any atom is 0.330 e. The second-order valence-electron chi connectivity index (χ2n) is 6.33. The summed E-state index contributed by atoms with van der Waals surface area (Å²) in [5, 5.41) is 0. The Kier molecular flexibility index (Phi) is 4.70.